The first-order valence-corrected chi connectivity index (χ1v) is 19.3. The van der Waals surface area contributed by atoms with Crippen LogP contribution in [0.15, 0.2) is 164 Å². The third-order valence-corrected chi connectivity index (χ3v) is 10.5. The summed E-state index contributed by atoms with van der Waals surface area (Å²) in [4.78, 5) is 0. The van der Waals surface area contributed by atoms with Crippen LogP contribution < -0.4 is 4.74 Å². The molecule has 1 saturated heterocycles. The molecule has 5 atom stereocenters. The van der Waals surface area contributed by atoms with Gasteiger partial charge in [-0.25, -0.2) is 0 Å². The van der Waals surface area contributed by atoms with E-state index in [4.69, 9.17) is 33.2 Å². The Balaban J connectivity index is 1.19. The minimum atomic E-state index is -1.31. The van der Waals surface area contributed by atoms with Crippen LogP contribution in [-0.4, -0.2) is 38.1 Å². The monoisotopic (exact) mass is 748 g/mol. The maximum atomic E-state index is 7.33. The molecule has 56 heavy (non-hydrogen) atoms. The standard InChI is InChI=1S/C49H48O7/c1-50-43-26-23-36(24-27-43)28-41-22-25-42-34-55-49(44(42)29-41)48(54-33-40-20-12-5-13-21-40)47(53-32-39-18-10-4-11-19-39)46(52-31-38-16-8-3-9-17-38)45(56-49)35-51-30-37-14-6-2-7-15-37/h2-27,29,45-48H,28,30-35H2,1H3/t45-,46-,47+,48-,49+/m1/s1. The topological polar surface area (TPSA) is 64.6 Å². The molecule has 286 valence electrons. The van der Waals surface area contributed by atoms with E-state index in [2.05, 4.69) is 78.9 Å². The molecule has 0 radical (unpaired) electrons. The second-order valence-electron chi connectivity index (χ2n) is 14.4. The van der Waals surface area contributed by atoms with Crippen molar-refractivity contribution in [2.24, 2.45) is 0 Å². The minimum Gasteiger partial charge on any atom is -0.497 e. The van der Waals surface area contributed by atoms with Crippen LogP contribution in [0.4, 0.5) is 0 Å². The van der Waals surface area contributed by atoms with Crippen LogP contribution in [0, 0.1) is 0 Å². The molecule has 0 unspecified atom stereocenters. The Morgan fingerprint density at radius 3 is 1.62 bits per heavy atom. The smallest absolute Gasteiger partial charge is 0.225 e. The van der Waals surface area contributed by atoms with Crippen molar-refractivity contribution in [2.75, 3.05) is 13.7 Å². The highest BCUT2D eigenvalue weighted by Crippen LogP contribution is 2.49. The molecule has 0 aromatic heterocycles. The lowest BCUT2D eigenvalue weighted by Crippen LogP contribution is -2.65. The zero-order valence-electron chi connectivity index (χ0n) is 31.7. The van der Waals surface area contributed by atoms with E-state index in [1.807, 2.05) is 84.9 Å². The number of benzene rings is 6. The number of hydrogen-bond acceptors (Lipinski definition) is 7. The Kier molecular flexibility index (Phi) is 12.3. The molecule has 0 N–H and O–H groups in total. The van der Waals surface area contributed by atoms with E-state index < -0.39 is 30.2 Å². The maximum absolute atomic E-state index is 7.33. The Morgan fingerprint density at radius 2 is 1.05 bits per heavy atom. The van der Waals surface area contributed by atoms with Crippen molar-refractivity contribution < 1.29 is 33.2 Å². The summed E-state index contributed by atoms with van der Waals surface area (Å²) < 4.78 is 47.1. The zero-order chi connectivity index (χ0) is 38.0. The largest absolute Gasteiger partial charge is 0.497 e. The maximum Gasteiger partial charge on any atom is 0.225 e. The van der Waals surface area contributed by atoms with Gasteiger partial charge in [-0.2, -0.15) is 0 Å². The van der Waals surface area contributed by atoms with Crippen LogP contribution in [0.25, 0.3) is 0 Å². The SMILES string of the molecule is COc1ccc(Cc2ccc3c(c2)[C@]2(OC3)O[C@H](COCc3ccccc3)[C@@H](OCc3ccccc3)[C@H](OCc3ccccc3)[C@H]2OCc2ccccc2)cc1. The normalized spacial score (nSPS) is 21.5. The van der Waals surface area contributed by atoms with Crippen LogP contribution >= 0.6 is 0 Å². The second kappa shape index (κ2) is 18.2. The predicted octanol–water partition coefficient (Wildman–Crippen LogP) is 9.34. The molecule has 1 fully saturated rings. The summed E-state index contributed by atoms with van der Waals surface area (Å²) >= 11 is 0. The van der Waals surface area contributed by atoms with Gasteiger partial charge in [0.25, 0.3) is 0 Å². The van der Waals surface area contributed by atoms with E-state index in [0.717, 1.165) is 51.1 Å². The van der Waals surface area contributed by atoms with Gasteiger partial charge >= 0.3 is 0 Å². The van der Waals surface area contributed by atoms with Crippen LogP contribution in [0.2, 0.25) is 0 Å². The van der Waals surface area contributed by atoms with E-state index in [-0.39, 0.29) is 6.61 Å². The van der Waals surface area contributed by atoms with Crippen LogP contribution in [-0.2, 0) is 73.7 Å². The highest BCUT2D eigenvalue weighted by Gasteiger charge is 2.61. The van der Waals surface area contributed by atoms with Gasteiger partial charge in [0.2, 0.25) is 5.79 Å². The first-order valence-electron chi connectivity index (χ1n) is 19.3. The Bertz CT molecular complexity index is 2090. The summed E-state index contributed by atoms with van der Waals surface area (Å²) in [5, 5.41) is 0. The van der Waals surface area contributed by atoms with Crippen LogP contribution in [0.3, 0.4) is 0 Å². The number of ether oxygens (including phenoxy) is 7. The Hall–Kier alpha value is -5.12. The third kappa shape index (κ3) is 8.95. The van der Waals surface area contributed by atoms with E-state index >= 15 is 0 Å². The first kappa shape index (κ1) is 37.8. The molecule has 0 amide bonds. The van der Waals surface area contributed by atoms with Gasteiger partial charge < -0.3 is 33.2 Å². The average molecular weight is 749 g/mol. The fraction of sp³-hybridized carbons (Fsp3) is 0.265. The third-order valence-electron chi connectivity index (χ3n) is 10.5. The van der Waals surface area contributed by atoms with Crippen molar-refractivity contribution in [3.8, 4) is 5.75 Å². The Labute approximate surface area is 329 Å². The molecular weight excluding hydrogens is 701 g/mol. The fourth-order valence-electron chi connectivity index (χ4n) is 7.60. The van der Waals surface area contributed by atoms with E-state index in [1.54, 1.807) is 7.11 Å². The fourth-order valence-corrected chi connectivity index (χ4v) is 7.60. The molecular formula is C49H48O7. The van der Waals surface area contributed by atoms with Crippen molar-refractivity contribution in [1.29, 1.82) is 0 Å². The molecule has 7 nitrogen and oxygen atoms in total. The van der Waals surface area contributed by atoms with Gasteiger partial charge in [0.15, 0.2) is 0 Å². The van der Waals surface area contributed by atoms with E-state index in [0.29, 0.717) is 33.0 Å². The van der Waals surface area contributed by atoms with Crippen molar-refractivity contribution in [1.82, 2.24) is 0 Å². The summed E-state index contributed by atoms with van der Waals surface area (Å²) in [5.41, 5.74) is 8.48. The molecule has 8 rings (SSSR count). The Morgan fingerprint density at radius 1 is 0.536 bits per heavy atom. The van der Waals surface area contributed by atoms with Gasteiger partial charge in [0.05, 0.1) is 46.8 Å². The molecule has 0 aliphatic carbocycles. The van der Waals surface area contributed by atoms with Gasteiger partial charge in [0.1, 0.15) is 30.2 Å². The lowest BCUT2D eigenvalue weighted by atomic mass is 9.85. The molecule has 1 spiro atoms. The van der Waals surface area contributed by atoms with Gasteiger partial charge in [-0.15, -0.1) is 0 Å². The quantitative estimate of drug-likeness (QED) is 0.0978. The second-order valence-corrected chi connectivity index (χ2v) is 14.4. The molecule has 2 heterocycles. The number of rotatable bonds is 16. The molecule has 0 saturated carbocycles. The van der Waals surface area contributed by atoms with E-state index in [9.17, 15) is 0 Å². The summed E-state index contributed by atoms with van der Waals surface area (Å²) in [6, 6.07) is 55.5. The van der Waals surface area contributed by atoms with Gasteiger partial charge in [0, 0.05) is 5.56 Å². The summed E-state index contributed by atoms with van der Waals surface area (Å²) in [7, 11) is 1.68. The number of hydrogen-bond donors (Lipinski definition) is 0. The molecule has 0 bridgehead atoms. The van der Waals surface area contributed by atoms with Crippen molar-refractivity contribution in [3.63, 3.8) is 0 Å². The van der Waals surface area contributed by atoms with Gasteiger partial charge in [-0.05, 0) is 63.6 Å². The van der Waals surface area contributed by atoms with Gasteiger partial charge in [-0.3, -0.25) is 0 Å². The van der Waals surface area contributed by atoms with Crippen molar-refractivity contribution in [3.05, 3.63) is 208 Å². The lowest BCUT2D eigenvalue weighted by molar-refractivity contribution is -0.387. The van der Waals surface area contributed by atoms with Crippen molar-refractivity contribution >= 4 is 0 Å². The van der Waals surface area contributed by atoms with Crippen LogP contribution in [0.5, 0.6) is 5.75 Å². The molecule has 6 aromatic carbocycles. The first-order chi connectivity index (χ1) is 27.7. The molecule has 7 heteroatoms. The number of fused-ring (bicyclic) bond motifs is 2. The zero-order valence-corrected chi connectivity index (χ0v) is 31.7. The predicted molar refractivity (Wildman–Crippen MR) is 215 cm³/mol. The summed E-state index contributed by atoms with van der Waals surface area (Å²) in [6.45, 7) is 2.06. The van der Waals surface area contributed by atoms with Crippen molar-refractivity contribution in [2.45, 2.75) is 69.7 Å². The van der Waals surface area contributed by atoms with E-state index in [1.165, 1.54) is 5.56 Å². The molecule has 2 aliphatic rings. The summed E-state index contributed by atoms with van der Waals surface area (Å²) in [6.07, 6.45) is -1.75. The summed E-state index contributed by atoms with van der Waals surface area (Å²) in [5.74, 6) is -0.482. The van der Waals surface area contributed by atoms with Gasteiger partial charge in [-0.1, -0.05) is 146 Å². The lowest BCUT2D eigenvalue weighted by Gasteiger charge is -2.51. The number of methoxy groups -OCH3 is 1. The highest BCUT2D eigenvalue weighted by atomic mass is 16.7. The highest BCUT2D eigenvalue weighted by molar-refractivity contribution is 5.42. The molecule has 6 aromatic rings. The molecule has 2 aliphatic heterocycles. The minimum absolute atomic E-state index is 0.247. The average Bonchev–Trinajstić information content (AvgIpc) is 3.61. The van der Waals surface area contributed by atoms with Crippen LogP contribution in [0.1, 0.15) is 44.5 Å².